The quantitative estimate of drug-likeness (QED) is 0.486. The van der Waals surface area contributed by atoms with Gasteiger partial charge in [-0.15, -0.1) is 0 Å². The number of halogens is 2. The predicted molar refractivity (Wildman–Crippen MR) is 63.0 cm³/mol. The van der Waals surface area contributed by atoms with Crippen LogP contribution in [0.2, 0.25) is 5.02 Å². The molecule has 1 N–H and O–H groups in total. The molecule has 1 aromatic carbocycles. The second kappa shape index (κ2) is 6.36. The molecule has 17 heavy (non-hydrogen) atoms. The average molecular weight is 263 g/mol. The Morgan fingerprint density at radius 3 is 2.88 bits per heavy atom. The van der Waals surface area contributed by atoms with Crippen LogP contribution in [0.4, 0.5) is 15.8 Å². The summed E-state index contributed by atoms with van der Waals surface area (Å²) in [6.45, 7) is 0.979. The lowest BCUT2D eigenvalue weighted by Crippen LogP contribution is -2.07. The molecule has 0 fully saturated rings. The molecule has 0 aliphatic carbocycles. The number of nitro benzene ring substituents is 1. The van der Waals surface area contributed by atoms with E-state index in [4.69, 9.17) is 16.3 Å². The minimum absolute atomic E-state index is 0.119. The van der Waals surface area contributed by atoms with E-state index in [0.717, 1.165) is 12.1 Å². The topological polar surface area (TPSA) is 64.4 Å². The summed E-state index contributed by atoms with van der Waals surface area (Å²) in [6.07, 6.45) is 0.665. The van der Waals surface area contributed by atoms with Gasteiger partial charge in [0.2, 0.25) is 0 Å². The summed E-state index contributed by atoms with van der Waals surface area (Å²) in [5.41, 5.74) is -0.123. The molecule has 0 radical (unpaired) electrons. The number of ether oxygens (including phenoxy) is 1. The monoisotopic (exact) mass is 262 g/mol. The summed E-state index contributed by atoms with van der Waals surface area (Å²) < 4.78 is 18.0. The molecule has 0 heterocycles. The fourth-order valence-corrected chi connectivity index (χ4v) is 1.43. The lowest BCUT2D eigenvalue weighted by Gasteiger charge is -2.07. The lowest BCUT2D eigenvalue weighted by molar-refractivity contribution is -0.384. The molecule has 0 aliphatic heterocycles. The van der Waals surface area contributed by atoms with Gasteiger partial charge in [-0.1, -0.05) is 11.6 Å². The highest BCUT2D eigenvalue weighted by molar-refractivity contribution is 6.31. The highest BCUT2D eigenvalue weighted by Gasteiger charge is 2.17. The third kappa shape index (κ3) is 3.83. The number of rotatable bonds is 6. The highest BCUT2D eigenvalue weighted by Crippen LogP contribution is 2.30. The van der Waals surface area contributed by atoms with E-state index in [2.05, 4.69) is 5.32 Å². The van der Waals surface area contributed by atoms with E-state index in [0.29, 0.717) is 19.6 Å². The Balaban J connectivity index is 2.81. The second-order valence-electron chi connectivity index (χ2n) is 3.31. The van der Waals surface area contributed by atoms with Crippen LogP contribution in [0.25, 0.3) is 0 Å². The van der Waals surface area contributed by atoms with E-state index in [1.54, 1.807) is 7.11 Å². The first-order valence-electron chi connectivity index (χ1n) is 4.92. The zero-order valence-corrected chi connectivity index (χ0v) is 9.96. The average Bonchev–Trinajstić information content (AvgIpc) is 2.28. The van der Waals surface area contributed by atoms with Gasteiger partial charge in [-0.05, 0) is 6.42 Å². The van der Waals surface area contributed by atoms with Crippen LogP contribution >= 0.6 is 11.6 Å². The van der Waals surface area contributed by atoms with Crippen molar-refractivity contribution in [1.29, 1.82) is 0 Å². The van der Waals surface area contributed by atoms with Crippen LogP contribution in [0.15, 0.2) is 12.1 Å². The SMILES string of the molecule is COCCCNc1cc(F)c(Cl)cc1[N+](=O)[O-]. The molecule has 0 unspecified atom stereocenters. The zero-order chi connectivity index (χ0) is 12.8. The summed E-state index contributed by atoms with van der Waals surface area (Å²) in [5.74, 6) is -0.688. The van der Waals surface area contributed by atoms with Crippen LogP contribution in [0.3, 0.4) is 0 Å². The fourth-order valence-electron chi connectivity index (χ4n) is 1.27. The van der Waals surface area contributed by atoms with Gasteiger partial charge in [-0.2, -0.15) is 0 Å². The number of nitrogens with one attached hydrogen (secondary N) is 1. The van der Waals surface area contributed by atoms with Gasteiger partial charge in [-0.25, -0.2) is 4.39 Å². The third-order valence-corrected chi connectivity index (χ3v) is 2.37. The number of hydrogen-bond acceptors (Lipinski definition) is 4. The number of benzene rings is 1. The number of nitro groups is 1. The Hall–Kier alpha value is -1.40. The molecule has 1 rings (SSSR count). The fraction of sp³-hybridized carbons (Fsp3) is 0.400. The summed E-state index contributed by atoms with van der Waals surface area (Å²) in [6, 6.07) is 2.02. The smallest absolute Gasteiger partial charge is 0.294 e. The minimum Gasteiger partial charge on any atom is -0.385 e. The Morgan fingerprint density at radius 1 is 1.59 bits per heavy atom. The van der Waals surface area contributed by atoms with E-state index in [1.165, 1.54) is 0 Å². The molecule has 0 spiro atoms. The van der Waals surface area contributed by atoms with Crippen molar-refractivity contribution in [2.75, 3.05) is 25.6 Å². The summed E-state index contributed by atoms with van der Waals surface area (Å²) in [5, 5.41) is 13.2. The van der Waals surface area contributed by atoms with Gasteiger partial charge < -0.3 is 10.1 Å². The van der Waals surface area contributed by atoms with E-state index in [1.807, 2.05) is 0 Å². The van der Waals surface area contributed by atoms with Crippen LogP contribution in [0.5, 0.6) is 0 Å². The van der Waals surface area contributed by atoms with Crippen LogP contribution in [0, 0.1) is 15.9 Å². The van der Waals surface area contributed by atoms with Crippen LogP contribution < -0.4 is 5.32 Å². The van der Waals surface area contributed by atoms with Gasteiger partial charge >= 0.3 is 0 Å². The van der Waals surface area contributed by atoms with E-state index in [-0.39, 0.29) is 16.4 Å². The van der Waals surface area contributed by atoms with Crippen molar-refractivity contribution in [3.63, 3.8) is 0 Å². The van der Waals surface area contributed by atoms with Gasteiger partial charge in [0.05, 0.1) is 9.95 Å². The first-order valence-corrected chi connectivity index (χ1v) is 5.30. The maximum absolute atomic E-state index is 13.2. The van der Waals surface area contributed by atoms with Crippen LogP contribution in [-0.4, -0.2) is 25.2 Å². The van der Waals surface area contributed by atoms with Crippen LogP contribution in [0.1, 0.15) is 6.42 Å². The standard InChI is InChI=1S/C10H12ClFN2O3/c1-17-4-2-3-13-9-6-8(12)7(11)5-10(9)14(15)16/h5-6,13H,2-4H2,1H3. The second-order valence-corrected chi connectivity index (χ2v) is 3.72. The van der Waals surface area contributed by atoms with Gasteiger partial charge in [0.15, 0.2) is 0 Å². The molecule has 0 bridgehead atoms. The van der Waals surface area contributed by atoms with E-state index < -0.39 is 10.7 Å². The number of anilines is 1. The lowest BCUT2D eigenvalue weighted by atomic mass is 10.2. The molecule has 0 atom stereocenters. The molecule has 0 saturated carbocycles. The molecule has 0 aliphatic rings. The Labute approximate surface area is 103 Å². The summed E-state index contributed by atoms with van der Waals surface area (Å²) in [7, 11) is 1.56. The van der Waals surface area contributed by atoms with Crippen LogP contribution in [-0.2, 0) is 4.74 Å². The normalized spacial score (nSPS) is 10.3. The Morgan fingerprint density at radius 2 is 2.29 bits per heavy atom. The van der Waals surface area contributed by atoms with E-state index in [9.17, 15) is 14.5 Å². The van der Waals surface area contributed by atoms with Crippen molar-refractivity contribution in [3.05, 3.63) is 33.1 Å². The molecule has 7 heteroatoms. The van der Waals surface area contributed by atoms with Gasteiger partial charge in [0.25, 0.3) is 5.69 Å². The largest absolute Gasteiger partial charge is 0.385 e. The van der Waals surface area contributed by atoms with Gasteiger partial charge in [0.1, 0.15) is 11.5 Å². The molecule has 0 aromatic heterocycles. The van der Waals surface area contributed by atoms with Crippen molar-refractivity contribution >= 4 is 23.0 Å². The molecule has 94 valence electrons. The predicted octanol–water partition coefficient (Wildman–Crippen LogP) is 2.84. The zero-order valence-electron chi connectivity index (χ0n) is 9.20. The molecule has 0 amide bonds. The molecule has 1 aromatic rings. The van der Waals surface area contributed by atoms with Crippen molar-refractivity contribution in [2.24, 2.45) is 0 Å². The maximum Gasteiger partial charge on any atom is 0.294 e. The van der Waals surface area contributed by atoms with Gasteiger partial charge in [0, 0.05) is 32.4 Å². The summed E-state index contributed by atoms with van der Waals surface area (Å²) in [4.78, 5) is 10.1. The van der Waals surface area contributed by atoms with Crippen molar-refractivity contribution < 1.29 is 14.1 Å². The highest BCUT2D eigenvalue weighted by atomic mass is 35.5. The van der Waals surface area contributed by atoms with Crippen molar-refractivity contribution in [3.8, 4) is 0 Å². The Bertz CT molecular complexity index is 415. The Kier molecular flexibility index (Phi) is 5.11. The molecular weight excluding hydrogens is 251 g/mol. The number of hydrogen-bond donors (Lipinski definition) is 1. The van der Waals surface area contributed by atoms with Crippen molar-refractivity contribution in [1.82, 2.24) is 0 Å². The third-order valence-electron chi connectivity index (χ3n) is 2.08. The minimum atomic E-state index is -0.688. The first-order chi connectivity index (χ1) is 8.06. The summed E-state index contributed by atoms with van der Waals surface area (Å²) >= 11 is 5.49. The van der Waals surface area contributed by atoms with Crippen molar-refractivity contribution in [2.45, 2.75) is 6.42 Å². The number of methoxy groups -OCH3 is 1. The molecule has 5 nitrogen and oxygen atoms in total. The maximum atomic E-state index is 13.2. The molecular formula is C10H12ClFN2O3. The number of nitrogens with zero attached hydrogens (tertiary/aromatic N) is 1. The van der Waals surface area contributed by atoms with E-state index >= 15 is 0 Å². The first kappa shape index (κ1) is 13.7. The molecule has 0 saturated heterocycles. The van der Waals surface area contributed by atoms with Gasteiger partial charge in [-0.3, -0.25) is 10.1 Å².